The monoisotopic (exact) mass is 437 g/mol. The van der Waals surface area contributed by atoms with Crippen LogP contribution in [0.3, 0.4) is 0 Å². The van der Waals surface area contributed by atoms with Gasteiger partial charge >= 0.3 is 0 Å². The highest BCUT2D eigenvalue weighted by atomic mass is 79.9. The standard InChI is InChI=1S/C15H11BrClF2NO3S/c16-14-10(18)2-3-11(15(14)19)20-24(22,23)13-6-7(17)5-9-8(13)1-4-12(9)21/h2-3,5-6,12,20-21H,1,4H2. The predicted octanol–water partition coefficient (Wildman–Crippen LogP) is 4.16. The molecule has 4 nitrogen and oxygen atoms in total. The molecule has 0 fully saturated rings. The number of nitrogens with one attached hydrogen (secondary N) is 1. The zero-order chi connectivity index (χ0) is 17.6. The van der Waals surface area contributed by atoms with Gasteiger partial charge < -0.3 is 5.11 Å². The second-order valence-electron chi connectivity index (χ2n) is 5.35. The van der Waals surface area contributed by atoms with E-state index in [1.54, 1.807) is 0 Å². The number of aliphatic hydroxyl groups excluding tert-OH is 1. The summed E-state index contributed by atoms with van der Waals surface area (Å²) in [5.74, 6) is -1.90. The highest BCUT2D eigenvalue weighted by Gasteiger charge is 2.30. The first-order valence-electron chi connectivity index (χ1n) is 6.87. The lowest BCUT2D eigenvalue weighted by atomic mass is 10.1. The van der Waals surface area contributed by atoms with E-state index in [2.05, 4.69) is 20.7 Å². The SMILES string of the molecule is O=S(=O)(Nc1ccc(F)c(Br)c1F)c1cc(Cl)cc2c1CCC2O. The molecule has 2 aromatic rings. The van der Waals surface area contributed by atoms with E-state index in [-0.39, 0.29) is 9.92 Å². The van der Waals surface area contributed by atoms with Crippen molar-refractivity contribution in [2.75, 3.05) is 4.72 Å². The summed E-state index contributed by atoms with van der Waals surface area (Å²) in [4.78, 5) is -0.124. The molecule has 128 valence electrons. The van der Waals surface area contributed by atoms with E-state index in [1.165, 1.54) is 12.1 Å². The van der Waals surface area contributed by atoms with Crippen LogP contribution in [-0.4, -0.2) is 13.5 Å². The van der Waals surface area contributed by atoms with Gasteiger partial charge in [0.15, 0.2) is 5.82 Å². The van der Waals surface area contributed by atoms with Crippen molar-refractivity contribution in [1.82, 2.24) is 0 Å². The minimum Gasteiger partial charge on any atom is -0.388 e. The molecule has 1 aliphatic rings. The Bertz CT molecular complexity index is 937. The van der Waals surface area contributed by atoms with Crippen molar-refractivity contribution >= 4 is 43.2 Å². The fourth-order valence-electron chi connectivity index (χ4n) is 2.68. The summed E-state index contributed by atoms with van der Waals surface area (Å²) >= 11 is 8.67. The van der Waals surface area contributed by atoms with Gasteiger partial charge in [-0.05, 0) is 64.2 Å². The Balaban J connectivity index is 2.07. The lowest BCUT2D eigenvalue weighted by Gasteiger charge is -2.14. The molecule has 0 heterocycles. The predicted molar refractivity (Wildman–Crippen MR) is 89.6 cm³/mol. The lowest BCUT2D eigenvalue weighted by molar-refractivity contribution is 0.180. The maximum Gasteiger partial charge on any atom is 0.262 e. The summed E-state index contributed by atoms with van der Waals surface area (Å²) in [6.07, 6.45) is -0.0434. The summed E-state index contributed by atoms with van der Waals surface area (Å²) in [6.45, 7) is 0. The molecule has 3 rings (SSSR count). The van der Waals surface area contributed by atoms with Crippen LogP contribution in [0.2, 0.25) is 5.02 Å². The highest BCUT2D eigenvalue weighted by molar-refractivity contribution is 9.10. The Morgan fingerprint density at radius 1 is 1.29 bits per heavy atom. The normalized spacial score (nSPS) is 17.0. The minimum atomic E-state index is -4.17. The molecule has 1 aliphatic carbocycles. The molecule has 0 spiro atoms. The number of hydrogen-bond acceptors (Lipinski definition) is 3. The van der Waals surface area contributed by atoms with E-state index < -0.39 is 37.9 Å². The van der Waals surface area contributed by atoms with E-state index in [9.17, 15) is 22.3 Å². The van der Waals surface area contributed by atoms with Crippen molar-refractivity contribution in [3.05, 3.63) is 56.5 Å². The van der Waals surface area contributed by atoms with Gasteiger partial charge in [0.2, 0.25) is 0 Å². The third-order valence-corrected chi connectivity index (χ3v) is 6.18. The van der Waals surface area contributed by atoms with Crippen LogP contribution in [-0.2, 0) is 16.4 Å². The molecule has 0 saturated heterocycles. The molecule has 0 aromatic heterocycles. The van der Waals surface area contributed by atoms with Crippen molar-refractivity contribution < 1.29 is 22.3 Å². The van der Waals surface area contributed by atoms with Crippen LogP contribution in [0.25, 0.3) is 0 Å². The molecule has 2 N–H and O–H groups in total. The lowest BCUT2D eigenvalue weighted by Crippen LogP contribution is -2.16. The molecule has 9 heteroatoms. The van der Waals surface area contributed by atoms with E-state index in [0.29, 0.717) is 24.0 Å². The van der Waals surface area contributed by atoms with Crippen LogP contribution >= 0.6 is 27.5 Å². The van der Waals surface area contributed by atoms with Crippen LogP contribution in [0.15, 0.2) is 33.6 Å². The summed E-state index contributed by atoms with van der Waals surface area (Å²) in [6, 6.07) is 4.70. The van der Waals surface area contributed by atoms with Crippen LogP contribution in [0.5, 0.6) is 0 Å². The Kier molecular flexibility index (Phi) is 4.59. The largest absolute Gasteiger partial charge is 0.388 e. The van der Waals surface area contributed by atoms with Crippen molar-refractivity contribution in [2.24, 2.45) is 0 Å². The van der Waals surface area contributed by atoms with Gasteiger partial charge in [0.1, 0.15) is 5.82 Å². The van der Waals surface area contributed by atoms with Gasteiger partial charge in [0, 0.05) is 5.02 Å². The number of rotatable bonds is 3. The third kappa shape index (κ3) is 3.03. The second-order valence-corrected chi connectivity index (χ2v) is 8.23. The number of sulfonamides is 1. The first-order chi connectivity index (χ1) is 11.2. The van der Waals surface area contributed by atoms with Crippen molar-refractivity contribution in [2.45, 2.75) is 23.8 Å². The van der Waals surface area contributed by atoms with Gasteiger partial charge in [0.05, 0.1) is 21.2 Å². The van der Waals surface area contributed by atoms with E-state index in [1.807, 2.05) is 0 Å². The summed E-state index contributed by atoms with van der Waals surface area (Å²) in [5.41, 5.74) is 0.500. The first kappa shape index (κ1) is 17.6. The molecule has 0 amide bonds. The second kappa shape index (κ2) is 6.25. The Morgan fingerprint density at radius 3 is 2.71 bits per heavy atom. The average Bonchev–Trinajstić information content (AvgIpc) is 2.88. The molecule has 0 saturated carbocycles. The zero-order valence-electron chi connectivity index (χ0n) is 12.0. The fourth-order valence-corrected chi connectivity index (χ4v) is 4.70. The minimum absolute atomic E-state index is 0.124. The summed E-state index contributed by atoms with van der Waals surface area (Å²) in [7, 11) is -4.17. The maximum atomic E-state index is 14.0. The summed E-state index contributed by atoms with van der Waals surface area (Å²) < 4.78 is 54.2. The number of anilines is 1. The van der Waals surface area contributed by atoms with Crippen molar-refractivity contribution in [3.8, 4) is 0 Å². The topological polar surface area (TPSA) is 66.4 Å². The molecular weight excluding hydrogens is 428 g/mol. The van der Waals surface area contributed by atoms with Gasteiger partial charge in [-0.25, -0.2) is 17.2 Å². The van der Waals surface area contributed by atoms with Gasteiger partial charge in [0.25, 0.3) is 10.0 Å². The molecule has 24 heavy (non-hydrogen) atoms. The highest BCUT2D eigenvalue weighted by Crippen LogP contribution is 2.38. The fraction of sp³-hybridized carbons (Fsp3) is 0.200. The smallest absolute Gasteiger partial charge is 0.262 e. The molecule has 0 aliphatic heterocycles. The first-order valence-corrected chi connectivity index (χ1v) is 9.53. The van der Waals surface area contributed by atoms with Crippen LogP contribution in [0, 0.1) is 11.6 Å². The number of fused-ring (bicyclic) bond motifs is 1. The molecule has 1 unspecified atom stereocenters. The summed E-state index contributed by atoms with van der Waals surface area (Å²) in [5, 5.41) is 10.1. The maximum absolute atomic E-state index is 14.0. The van der Waals surface area contributed by atoms with Gasteiger partial charge in [-0.15, -0.1) is 0 Å². The van der Waals surface area contributed by atoms with Crippen molar-refractivity contribution in [1.29, 1.82) is 0 Å². The molecular formula is C15H11BrClF2NO3S. The Hall–Kier alpha value is -1.22. The molecule has 1 atom stereocenters. The van der Waals surface area contributed by atoms with E-state index in [0.717, 1.165) is 12.1 Å². The molecule has 2 aromatic carbocycles. The van der Waals surface area contributed by atoms with Crippen molar-refractivity contribution in [3.63, 3.8) is 0 Å². The number of hydrogen-bond donors (Lipinski definition) is 2. The van der Waals surface area contributed by atoms with Gasteiger partial charge in [-0.3, -0.25) is 4.72 Å². The third-order valence-electron chi connectivity index (χ3n) is 3.80. The Labute approximate surface area is 150 Å². The van der Waals surface area contributed by atoms with Gasteiger partial charge in [-0.1, -0.05) is 11.6 Å². The Morgan fingerprint density at radius 2 is 2.00 bits per heavy atom. The zero-order valence-corrected chi connectivity index (χ0v) is 15.1. The van der Waals surface area contributed by atoms with Crippen LogP contribution in [0.4, 0.5) is 14.5 Å². The van der Waals surface area contributed by atoms with Crippen LogP contribution in [0.1, 0.15) is 23.7 Å². The number of benzene rings is 2. The number of halogens is 4. The molecule has 0 radical (unpaired) electrons. The average molecular weight is 439 g/mol. The van der Waals surface area contributed by atoms with E-state index in [4.69, 9.17) is 11.6 Å². The quantitative estimate of drug-likeness (QED) is 0.707. The molecule has 0 bridgehead atoms. The van der Waals surface area contributed by atoms with E-state index >= 15 is 0 Å². The van der Waals surface area contributed by atoms with Gasteiger partial charge in [-0.2, -0.15) is 0 Å². The van der Waals surface area contributed by atoms with Crippen LogP contribution < -0.4 is 4.72 Å². The number of aliphatic hydroxyl groups is 1.